The number of rotatable bonds is 3. The van der Waals surface area contributed by atoms with E-state index in [1.54, 1.807) is 24.4 Å². The van der Waals surface area contributed by atoms with Crippen molar-refractivity contribution in [3.8, 4) is 0 Å². The number of morpholine rings is 1. The lowest BCUT2D eigenvalue weighted by Gasteiger charge is -2.32. The van der Waals surface area contributed by atoms with Gasteiger partial charge < -0.3 is 14.8 Å². The first kappa shape index (κ1) is 17.1. The lowest BCUT2D eigenvalue weighted by molar-refractivity contribution is -0.143. The maximum atomic E-state index is 12.7. The Morgan fingerprint density at radius 1 is 1.35 bits per heavy atom. The van der Waals surface area contributed by atoms with Crippen molar-refractivity contribution in [2.75, 3.05) is 18.1 Å². The van der Waals surface area contributed by atoms with Crippen molar-refractivity contribution < 1.29 is 14.6 Å². The third-order valence-electron chi connectivity index (χ3n) is 4.15. The molecule has 9 nitrogen and oxygen atoms in total. The minimum absolute atomic E-state index is 0.00839. The van der Waals surface area contributed by atoms with Crippen LogP contribution < -0.4 is 10.5 Å². The topological polar surface area (TPSA) is 124 Å². The van der Waals surface area contributed by atoms with E-state index in [0.29, 0.717) is 23.3 Å². The molecule has 1 amide bonds. The number of halogens is 1. The Morgan fingerprint density at radius 2 is 2.19 bits per heavy atom. The number of aliphatic hydroxyl groups excluding tert-OH is 1. The van der Waals surface area contributed by atoms with Gasteiger partial charge in [0, 0.05) is 15.8 Å². The van der Waals surface area contributed by atoms with Gasteiger partial charge in [0.05, 0.1) is 24.1 Å². The molecule has 1 saturated heterocycles. The molecule has 26 heavy (non-hydrogen) atoms. The second-order valence-electron chi connectivity index (χ2n) is 5.78. The van der Waals surface area contributed by atoms with Crippen molar-refractivity contribution in [1.82, 2.24) is 20.2 Å². The van der Waals surface area contributed by atoms with Crippen molar-refractivity contribution in [1.29, 1.82) is 0 Å². The molecule has 134 valence electrons. The summed E-state index contributed by atoms with van der Waals surface area (Å²) >= 11 is 2.10. The van der Waals surface area contributed by atoms with Crippen LogP contribution in [0.1, 0.15) is 11.9 Å². The Balaban J connectivity index is 1.67. The fraction of sp³-hybridized carbons (Fsp3) is 0.250. The van der Waals surface area contributed by atoms with Gasteiger partial charge in [-0.2, -0.15) is 10.1 Å². The highest BCUT2D eigenvalue weighted by molar-refractivity contribution is 14.1. The predicted molar refractivity (Wildman–Crippen MR) is 101 cm³/mol. The number of nitrogens with one attached hydrogen (secondary N) is 2. The number of fused-ring (bicyclic) bond motifs is 1. The van der Waals surface area contributed by atoms with Gasteiger partial charge >= 0.3 is 0 Å². The van der Waals surface area contributed by atoms with Crippen LogP contribution in [0.5, 0.6) is 0 Å². The molecule has 1 aliphatic heterocycles. The zero-order chi connectivity index (χ0) is 18.3. The zero-order valence-electron chi connectivity index (χ0n) is 13.3. The molecule has 0 spiro atoms. The maximum absolute atomic E-state index is 12.7. The van der Waals surface area contributed by atoms with Crippen LogP contribution in [-0.2, 0) is 9.53 Å². The summed E-state index contributed by atoms with van der Waals surface area (Å²) in [5, 5.41) is 17.7. The van der Waals surface area contributed by atoms with Crippen LogP contribution in [0.4, 0.5) is 5.82 Å². The Kier molecular flexibility index (Phi) is 4.46. The fourth-order valence-corrected chi connectivity index (χ4v) is 3.38. The average Bonchev–Trinajstić information content (AvgIpc) is 3.16. The average molecular weight is 467 g/mol. The van der Waals surface area contributed by atoms with E-state index in [0.717, 1.165) is 3.57 Å². The van der Waals surface area contributed by atoms with Crippen molar-refractivity contribution in [3.63, 3.8) is 0 Å². The van der Waals surface area contributed by atoms with Crippen LogP contribution in [0.25, 0.3) is 10.9 Å². The molecule has 3 N–H and O–H groups in total. The van der Waals surface area contributed by atoms with Crippen LogP contribution in [0.3, 0.4) is 0 Å². The Labute approximate surface area is 160 Å². The minimum Gasteiger partial charge on any atom is -0.382 e. The standard InChI is InChI=1S/C16H14IN5O4/c17-8-1-2-10-9(7-8)15(24)20-14(19-10)12(23)13-16(25)22(5-6-26-13)11-3-4-18-21-11/h1-4,7,12-13,23H,5-6H2,(H,18,21)(H,19,20,24)/t12-,13?/m1/s1. The van der Waals surface area contributed by atoms with E-state index in [-0.39, 0.29) is 12.4 Å². The van der Waals surface area contributed by atoms with Gasteiger partial charge in [0.25, 0.3) is 11.5 Å². The number of carbonyl (C=O) groups excluding carboxylic acids is 1. The summed E-state index contributed by atoms with van der Waals surface area (Å²) in [5.74, 6) is -0.00261. The van der Waals surface area contributed by atoms with E-state index >= 15 is 0 Å². The number of hydrogen-bond donors (Lipinski definition) is 3. The van der Waals surface area contributed by atoms with E-state index in [9.17, 15) is 14.7 Å². The van der Waals surface area contributed by atoms with Crippen molar-refractivity contribution >= 4 is 45.2 Å². The first-order chi connectivity index (χ1) is 12.5. The largest absolute Gasteiger partial charge is 0.382 e. The number of ether oxygens (including phenoxy) is 1. The Morgan fingerprint density at radius 3 is 2.96 bits per heavy atom. The molecule has 1 unspecified atom stereocenters. The van der Waals surface area contributed by atoms with Crippen molar-refractivity contribution in [3.05, 3.63) is 50.2 Å². The van der Waals surface area contributed by atoms with Crippen LogP contribution >= 0.6 is 22.6 Å². The molecular weight excluding hydrogens is 453 g/mol. The Bertz CT molecular complexity index is 1020. The Hall–Kier alpha value is -2.31. The number of nitrogens with zero attached hydrogens (tertiary/aromatic N) is 3. The van der Waals surface area contributed by atoms with Crippen molar-refractivity contribution in [2.45, 2.75) is 12.2 Å². The molecule has 2 atom stereocenters. The van der Waals surface area contributed by atoms with E-state index in [1.807, 2.05) is 6.07 Å². The first-order valence-corrected chi connectivity index (χ1v) is 8.93. The third kappa shape index (κ3) is 2.99. The molecule has 1 aromatic carbocycles. The highest BCUT2D eigenvalue weighted by atomic mass is 127. The molecule has 0 saturated carbocycles. The summed E-state index contributed by atoms with van der Waals surface area (Å²) in [6.45, 7) is 0.559. The van der Waals surface area contributed by atoms with Gasteiger partial charge in [-0.25, -0.2) is 0 Å². The lowest BCUT2D eigenvalue weighted by atomic mass is 10.1. The molecule has 3 heterocycles. The number of H-pyrrole nitrogens is 2. The molecule has 3 aromatic rings. The zero-order valence-corrected chi connectivity index (χ0v) is 15.5. The molecule has 10 heteroatoms. The molecule has 2 aromatic heterocycles. The lowest BCUT2D eigenvalue weighted by Crippen LogP contribution is -2.50. The summed E-state index contributed by atoms with van der Waals surface area (Å²) in [7, 11) is 0. The number of aliphatic hydroxyl groups is 1. The SMILES string of the molecule is O=C1C([C@@H](O)c2nc(=O)c3cc(I)ccc3[nH]2)OCCN1c1cc[nH]n1. The predicted octanol–water partition coefficient (Wildman–Crippen LogP) is 0.716. The van der Waals surface area contributed by atoms with E-state index in [4.69, 9.17) is 4.74 Å². The van der Waals surface area contributed by atoms with Crippen molar-refractivity contribution in [2.24, 2.45) is 0 Å². The number of hydrogen-bond acceptors (Lipinski definition) is 6. The van der Waals surface area contributed by atoms with Gasteiger partial charge in [-0.3, -0.25) is 19.6 Å². The number of amides is 1. The number of benzene rings is 1. The van der Waals surface area contributed by atoms with E-state index < -0.39 is 23.7 Å². The van der Waals surface area contributed by atoms with Gasteiger partial charge in [-0.15, -0.1) is 0 Å². The number of aromatic nitrogens is 4. The number of carbonyl (C=O) groups is 1. The second-order valence-corrected chi connectivity index (χ2v) is 7.02. The van der Waals surface area contributed by atoms with E-state index in [2.05, 4.69) is 42.8 Å². The summed E-state index contributed by atoms with van der Waals surface area (Å²) in [5.41, 5.74) is 0.0608. The smallest absolute Gasteiger partial charge is 0.280 e. The molecule has 0 aliphatic carbocycles. The maximum Gasteiger partial charge on any atom is 0.280 e. The summed E-state index contributed by atoms with van der Waals surface area (Å²) < 4.78 is 6.36. The molecule has 4 rings (SSSR count). The van der Waals surface area contributed by atoms with Gasteiger partial charge in [0.1, 0.15) is 11.9 Å². The third-order valence-corrected chi connectivity index (χ3v) is 4.82. The fourth-order valence-electron chi connectivity index (χ4n) is 2.88. The number of anilines is 1. The summed E-state index contributed by atoms with van der Waals surface area (Å²) in [6.07, 6.45) is -0.974. The van der Waals surface area contributed by atoms with Crippen LogP contribution in [0, 0.1) is 3.57 Å². The summed E-state index contributed by atoms with van der Waals surface area (Å²) in [6, 6.07) is 6.93. The second kappa shape index (κ2) is 6.78. The molecule has 1 aliphatic rings. The number of aromatic amines is 2. The molecule has 0 radical (unpaired) electrons. The molecule has 1 fully saturated rings. The van der Waals surface area contributed by atoms with Crippen LogP contribution in [0.2, 0.25) is 0 Å². The minimum atomic E-state index is -1.40. The highest BCUT2D eigenvalue weighted by Crippen LogP contribution is 2.24. The molecule has 0 bridgehead atoms. The normalized spacial score (nSPS) is 19.1. The van der Waals surface area contributed by atoms with Gasteiger partial charge in [0.15, 0.2) is 11.9 Å². The quantitative estimate of drug-likeness (QED) is 0.488. The molecular formula is C16H14IN5O4. The highest BCUT2D eigenvalue weighted by Gasteiger charge is 2.38. The van der Waals surface area contributed by atoms with Gasteiger partial charge in [0.2, 0.25) is 0 Å². The first-order valence-electron chi connectivity index (χ1n) is 7.85. The van der Waals surface area contributed by atoms with Crippen LogP contribution in [0.15, 0.2) is 35.3 Å². The van der Waals surface area contributed by atoms with Gasteiger partial charge in [-0.1, -0.05) is 0 Å². The van der Waals surface area contributed by atoms with E-state index in [1.165, 1.54) is 4.90 Å². The summed E-state index contributed by atoms with van der Waals surface area (Å²) in [4.78, 5) is 33.2. The van der Waals surface area contributed by atoms with Crippen LogP contribution in [-0.4, -0.2) is 50.4 Å². The van der Waals surface area contributed by atoms with Gasteiger partial charge in [-0.05, 0) is 40.8 Å². The monoisotopic (exact) mass is 467 g/mol.